The predicted molar refractivity (Wildman–Crippen MR) is 105 cm³/mol. The number of ether oxygens (including phenoxy) is 1. The molecule has 0 unspecified atom stereocenters. The topological polar surface area (TPSA) is 62.7 Å². The monoisotopic (exact) mass is 385 g/mol. The third-order valence-electron chi connectivity index (χ3n) is 4.47. The third-order valence-corrected chi connectivity index (χ3v) is 5.27. The van der Waals surface area contributed by atoms with Crippen molar-refractivity contribution in [2.45, 2.75) is 11.9 Å². The van der Waals surface area contributed by atoms with Gasteiger partial charge in [-0.3, -0.25) is 9.59 Å². The van der Waals surface area contributed by atoms with Gasteiger partial charge in [0.05, 0.1) is 12.1 Å². The zero-order valence-corrected chi connectivity index (χ0v) is 16.4. The van der Waals surface area contributed by atoms with Crippen molar-refractivity contribution in [2.24, 2.45) is 0 Å². The average molecular weight is 385 g/mol. The molecule has 0 N–H and O–H groups in total. The van der Waals surface area contributed by atoms with E-state index >= 15 is 0 Å². The summed E-state index contributed by atoms with van der Waals surface area (Å²) < 4.78 is 5.13. The summed E-state index contributed by atoms with van der Waals surface area (Å²) in [6, 6.07) is 10.7. The van der Waals surface area contributed by atoms with E-state index in [1.54, 1.807) is 65.2 Å². The van der Waals surface area contributed by atoms with Crippen molar-refractivity contribution >= 4 is 23.6 Å². The van der Waals surface area contributed by atoms with E-state index in [2.05, 4.69) is 11.9 Å². The summed E-state index contributed by atoms with van der Waals surface area (Å²) in [6.45, 7) is 4.16. The first-order valence-electron chi connectivity index (χ1n) is 8.94. The first-order valence-corrected chi connectivity index (χ1v) is 9.92. The van der Waals surface area contributed by atoms with Gasteiger partial charge in [0.1, 0.15) is 5.75 Å². The van der Waals surface area contributed by atoms with Gasteiger partial charge < -0.3 is 14.5 Å². The molecule has 0 radical (unpaired) electrons. The van der Waals surface area contributed by atoms with Gasteiger partial charge in [-0.2, -0.15) is 0 Å². The number of carbonyl (C=O) groups is 2. The third kappa shape index (κ3) is 4.60. The molecule has 142 valence electrons. The molecule has 1 aromatic heterocycles. The van der Waals surface area contributed by atoms with Crippen molar-refractivity contribution in [1.29, 1.82) is 0 Å². The van der Waals surface area contributed by atoms with E-state index in [9.17, 15) is 9.59 Å². The molecule has 1 aliphatic heterocycles. The maximum absolute atomic E-state index is 12.7. The van der Waals surface area contributed by atoms with Crippen molar-refractivity contribution in [3.63, 3.8) is 0 Å². The fraction of sp³-hybridized carbons (Fsp3) is 0.350. The smallest absolute Gasteiger partial charge is 0.254 e. The number of piperazine rings is 1. The van der Waals surface area contributed by atoms with Crippen LogP contribution in [0.25, 0.3) is 0 Å². The lowest BCUT2D eigenvalue weighted by Gasteiger charge is -2.35. The summed E-state index contributed by atoms with van der Waals surface area (Å²) in [7, 11) is 1.60. The Labute approximate surface area is 163 Å². The Bertz CT molecular complexity index is 802. The summed E-state index contributed by atoms with van der Waals surface area (Å²) >= 11 is 1.61. The molecule has 0 bridgehead atoms. The quantitative estimate of drug-likeness (QED) is 0.741. The molecule has 2 heterocycles. The number of rotatable bonds is 5. The summed E-state index contributed by atoms with van der Waals surface area (Å²) in [6.07, 6.45) is 1.68. The molecular weight excluding hydrogens is 362 g/mol. The normalized spacial score (nSPS) is 14.1. The van der Waals surface area contributed by atoms with Crippen LogP contribution in [0.15, 0.2) is 47.6 Å². The van der Waals surface area contributed by atoms with Gasteiger partial charge in [-0.05, 0) is 42.2 Å². The SMILES string of the molecule is CCSc1cc(C(=O)N2CCN(C(=O)c3ccc(OC)cc3)CC2)ccn1. The molecule has 2 amide bonds. The van der Waals surface area contributed by atoms with Crippen LogP contribution in [0.3, 0.4) is 0 Å². The molecule has 0 saturated carbocycles. The second kappa shape index (κ2) is 8.90. The Kier molecular flexibility index (Phi) is 6.34. The maximum Gasteiger partial charge on any atom is 0.254 e. The number of aromatic nitrogens is 1. The Balaban J connectivity index is 1.60. The number of nitrogens with zero attached hydrogens (tertiary/aromatic N) is 3. The second-order valence-electron chi connectivity index (χ2n) is 6.13. The number of amides is 2. The molecule has 0 aliphatic carbocycles. The van der Waals surface area contributed by atoms with Crippen molar-refractivity contribution in [2.75, 3.05) is 39.0 Å². The molecule has 3 rings (SSSR count). The van der Waals surface area contributed by atoms with Gasteiger partial charge in [-0.1, -0.05) is 6.92 Å². The summed E-state index contributed by atoms with van der Waals surface area (Å²) in [5.41, 5.74) is 1.28. The lowest BCUT2D eigenvalue weighted by Crippen LogP contribution is -2.50. The molecule has 1 saturated heterocycles. The van der Waals surface area contributed by atoms with E-state index in [-0.39, 0.29) is 11.8 Å². The predicted octanol–water partition coefficient (Wildman–Crippen LogP) is 2.80. The van der Waals surface area contributed by atoms with Crippen molar-refractivity contribution in [3.8, 4) is 5.75 Å². The minimum Gasteiger partial charge on any atom is -0.497 e. The van der Waals surface area contributed by atoms with Crippen LogP contribution in [0, 0.1) is 0 Å². The number of carbonyl (C=O) groups excluding carboxylic acids is 2. The van der Waals surface area contributed by atoms with Crippen LogP contribution >= 0.6 is 11.8 Å². The maximum atomic E-state index is 12.7. The fourth-order valence-corrected chi connectivity index (χ4v) is 3.62. The number of hydrogen-bond donors (Lipinski definition) is 0. The Morgan fingerprint density at radius 2 is 1.59 bits per heavy atom. The average Bonchev–Trinajstić information content (AvgIpc) is 2.73. The van der Waals surface area contributed by atoms with E-state index in [0.717, 1.165) is 16.5 Å². The van der Waals surface area contributed by atoms with E-state index in [1.807, 2.05) is 6.07 Å². The minimum absolute atomic E-state index is 0.00750. The molecule has 1 aromatic carbocycles. The van der Waals surface area contributed by atoms with Crippen molar-refractivity contribution < 1.29 is 14.3 Å². The highest BCUT2D eigenvalue weighted by Gasteiger charge is 2.25. The van der Waals surface area contributed by atoms with Gasteiger partial charge in [-0.25, -0.2) is 4.98 Å². The van der Waals surface area contributed by atoms with Gasteiger partial charge in [0, 0.05) is 43.5 Å². The highest BCUT2D eigenvalue weighted by molar-refractivity contribution is 7.99. The first-order chi connectivity index (χ1) is 13.1. The van der Waals surface area contributed by atoms with E-state index in [0.29, 0.717) is 37.3 Å². The van der Waals surface area contributed by atoms with Crippen molar-refractivity contribution in [1.82, 2.24) is 14.8 Å². The zero-order valence-electron chi connectivity index (χ0n) is 15.6. The molecule has 6 nitrogen and oxygen atoms in total. The highest BCUT2D eigenvalue weighted by atomic mass is 32.2. The van der Waals surface area contributed by atoms with Crippen LogP contribution < -0.4 is 4.74 Å². The fourth-order valence-electron chi connectivity index (χ4n) is 2.98. The van der Waals surface area contributed by atoms with Gasteiger partial charge >= 0.3 is 0 Å². The Morgan fingerprint density at radius 1 is 1.00 bits per heavy atom. The number of hydrogen-bond acceptors (Lipinski definition) is 5. The lowest BCUT2D eigenvalue weighted by molar-refractivity contribution is 0.0535. The highest BCUT2D eigenvalue weighted by Crippen LogP contribution is 2.18. The standard InChI is InChI=1S/C20H23N3O3S/c1-3-27-18-14-16(8-9-21-18)20(25)23-12-10-22(11-13-23)19(24)15-4-6-17(26-2)7-5-15/h4-9,14H,3,10-13H2,1-2H3. The number of benzene rings is 1. The van der Waals surface area contributed by atoms with E-state index in [4.69, 9.17) is 4.74 Å². The summed E-state index contributed by atoms with van der Waals surface area (Å²) in [4.78, 5) is 33.2. The second-order valence-corrected chi connectivity index (χ2v) is 7.41. The van der Waals surface area contributed by atoms with E-state index < -0.39 is 0 Å². The van der Waals surface area contributed by atoms with Gasteiger partial charge in [0.25, 0.3) is 11.8 Å². The van der Waals surface area contributed by atoms with Gasteiger partial charge in [0.2, 0.25) is 0 Å². The largest absolute Gasteiger partial charge is 0.497 e. The molecular formula is C20H23N3O3S. The van der Waals surface area contributed by atoms with Crippen LogP contribution in [0.4, 0.5) is 0 Å². The summed E-state index contributed by atoms with van der Waals surface area (Å²) in [5, 5.41) is 0.858. The van der Waals surface area contributed by atoms with Crippen LogP contribution in [0.2, 0.25) is 0 Å². The van der Waals surface area contributed by atoms with Crippen LogP contribution in [-0.2, 0) is 0 Å². The zero-order chi connectivity index (χ0) is 19.2. The molecule has 27 heavy (non-hydrogen) atoms. The van der Waals surface area contributed by atoms with E-state index in [1.165, 1.54) is 0 Å². The lowest BCUT2D eigenvalue weighted by atomic mass is 10.1. The van der Waals surface area contributed by atoms with Crippen LogP contribution in [-0.4, -0.2) is 65.6 Å². The molecule has 0 spiro atoms. The molecule has 0 atom stereocenters. The molecule has 2 aromatic rings. The Hall–Kier alpha value is -2.54. The molecule has 1 fully saturated rings. The minimum atomic E-state index is -0.0182. The van der Waals surface area contributed by atoms with Gasteiger partial charge in [-0.15, -0.1) is 11.8 Å². The number of pyridine rings is 1. The molecule has 1 aliphatic rings. The Morgan fingerprint density at radius 3 is 2.15 bits per heavy atom. The number of methoxy groups -OCH3 is 1. The van der Waals surface area contributed by atoms with Crippen LogP contribution in [0.5, 0.6) is 5.75 Å². The number of thioether (sulfide) groups is 1. The molecule has 7 heteroatoms. The van der Waals surface area contributed by atoms with Crippen LogP contribution in [0.1, 0.15) is 27.6 Å². The van der Waals surface area contributed by atoms with Gasteiger partial charge in [0.15, 0.2) is 0 Å². The summed E-state index contributed by atoms with van der Waals surface area (Å²) in [5.74, 6) is 1.61. The van der Waals surface area contributed by atoms with Crippen molar-refractivity contribution in [3.05, 3.63) is 53.7 Å². The first kappa shape index (κ1) is 19.2.